The van der Waals surface area contributed by atoms with Crippen molar-refractivity contribution in [1.82, 2.24) is 5.43 Å². The summed E-state index contributed by atoms with van der Waals surface area (Å²) in [7, 11) is 0. The van der Waals surface area contributed by atoms with E-state index in [-0.39, 0.29) is 0 Å². The third-order valence-electron chi connectivity index (χ3n) is 4.38. The van der Waals surface area contributed by atoms with Crippen LogP contribution in [0.3, 0.4) is 0 Å². The van der Waals surface area contributed by atoms with Gasteiger partial charge in [0.2, 0.25) is 0 Å². The van der Waals surface area contributed by atoms with Crippen LogP contribution in [0.15, 0.2) is 24.3 Å². The van der Waals surface area contributed by atoms with Crippen LogP contribution >= 0.6 is 0 Å². The molecule has 0 saturated heterocycles. The highest BCUT2D eigenvalue weighted by Gasteiger charge is 2.26. The quantitative estimate of drug-likeness (QED) is 0.602. The van der Waals surface area contributed by atoms with E-state index >= 15 is 0 Å². The van der Waals surface area contributed by atoms with E-state index in [0.29, 0.717) is 6.04 Å². The Balaban J connectivity index is 1.68. The number of hydrogen-bond donors (Lipinski definition) is 2. The molecule has 2 fully saturated rings. The molecule has 1 unspecified atom stereocenters. The van der Waals surface area contributed by atoms with Gasteiger partial charge in [-0.3, -0.25) is 11.3 Å². The number of hydrazine groups is 1. The Kier molecular flexibility index (Phi) is 3.17. The summed E-state index contributed by atoms with van der Waals surface area (Å²) < 4.78 is 0. The van der Waals surface area contributed by atoms with Gasteiger partial charge in [0.15, 0.2) is 0 Å². The first-order chi connectivity index (χ1) is 8.36. The molecule has 0 spiro atoms. The van der Waals surface area contributed by atoms with Crippen molar-refractivity contribution in [1.29, 1.82) is 0 Å². The van der Waals surface area contributed by atoms with Gasteiger partial charge in [0.1, 0.15) is 0 Å². The van der Waals surface area contributed by atoms with Gasteiger partial charge in [-0.2, -0.15) is 0 Å². The van der Waals surface area contributed by atoms with Gasteiger partial charge in [0.25, 0.3) is 0 Å². The molecule has 0 radical (unpaired) electrons. The number of nitrogens with one attached hydrogen (secondary N) is 1. The molecule has 2 aliphatic rings. The van der Waals surface area contributed by atoms with Gasteiger partial charge in [-0.25, -0.2) is 0 Å². The lowest BCUT2D eigenvalue weighted by Gasteiger charge is -2.26. The second-order valence-electron chi connectivity index (χ2n) is 5.69. The van der Waals surface area contributed by atoms with Crippen LogP contribution < -0.4 is 11.3 Å². The second-order valence-corrected chi connectivity index (χ2v) is 5.69. The number of hydrogen-bond acceptors (Lipinski definition) is 2. The van der Waals surface area contributed by atoms with Gasteiger partial charge >= 0.3 is 0 Å². The van der Waals surface area contributed by atoms with E-state index in [9.17, 15) is 0 Å². The van der Waals surface area contributed by atoms with Gasteiger partial charge in [-0.05, 0) is 42.2 Å². The lowest BCUT2D eigenvalue weighted by molar-refractivity contribution is 0.419. The van der Waals surface area contributed by atoms with E-state index in [0.717, 1.165) is 11.8 Å². The lowest BCUT2D eigenvalue weighted by atomic mass is 9.80. The predicted molar refractivity (Wildman–Crippen MR) is 70.4 cm³/mol. The third-order valence-corrected chi connectivity index (χ3v) is 4.38. The molecule has 0 aliphatic heterocycles. The minimum absolute atomic E-state index is 0.345. The smallest absolute Gasteiger partial charge is 0.0462 e. The highest BCUT2D eigenvalue weighted by Crippen LogP contribution is 2.39. The number of rotatable bonds is 5. The van der Waals surface area contributed by atoms with E-state index in [1.54, 1.807) is 0 Å². The molecule has 2 nitrogen and oxygen atoms in total. The Morgan fingerprint density at radius 1 is 1.12 bits per heavy atom. The van der Waals surface area contributed by atoms with Crippen LogP contribution in [0.25, 0.3) is 0 Å². The molecule has 2 heteroatoms. The van der Waals surface area contributed by atoms with Crippen LogP contribution in [0.2, 0.25) is 0 Å². The van der Waals surface area contributed by atoms with Crippen LogP contribution in [0.5, 0.6) is 0 Å². The normalized spacial score (nSPS) is 22.2. The summed E-state index contributed by atoms with van der Waals surface area (Å²) in [4.78, 5) is 0. The Hall–Kier alpha value is -0.860. The molecule has 3 rings (SSSR count). The van der Waals surface area contributed by atoms with E-state index in [1.165, 1.54) is 49.7 Å². The number of nitrogens with two attached hydrogens (primary N) is 1. The molecule has 2 aliphatic carbocycles. The van der Waals surface area contributed by atoms with E-state index in [1.807, 2.05) is 0 Å². The van der Waals surface area contributed by atoms with Crippen LogP contribution in [-0.2, 0) is 0 Å². The first-order valence-electron chi connectivity index (χ1n) is 6.93. The maximum absolute atomic E-state index is 5.67. The van der Waals surface area contributed by atoms with Crippen molar-refractivity contribution in [2.24, 2.45) is 11.8 Å². The summed E-state index contributed by atoms with van der Waals surface area (Å²) in [5.41, 5.74) is 5.83. The van der Waals surface area contributed by atoms with Crippen molar-refractivity contribution >= 4 is 0 Å². The fraction of sp³-hybridized carbons (Fsp3) is 0.600. The van der Waals surface area contributed by atoms with Gasteiger partial charge in [-0.15, -0.1) is 0 Å². The van der Waals surface area contributed by atoms with E-state index in [4.69, 9.17) is 5.84 Å². The third kappa shape index (κ3) is 2.53. The predicted octanol–water partition coefficient (Wildman–Crippen LogP) is 3.26. The highest BCUT2D eigenvalue weighted by atomic mass is 15.2. The van der Waals surface area contributed by atoms with Crippen molar-refractivity contribution in [2.75, 3.05) is 0 Å². The lowest BCUT2D eigenvalue weighted by Crippen LogP contribution is -2.28. The molecule has 0 bridgehead atoms. The van der Waals surface area contributed by atoms with Gasteiger partial charge in [0.05, 0.1) is 0 Å². The van der Waals surface area contributed by atoms with Crippen molar-refractivity contribution in [3.05, 3.63) is 35.4 Å². The fourth-order valence-electron chi connectivity index (χ4n) is 2.73. The largest absolute Gasteiger partial charge is 0.271 e. The molecular weight excluding hydrogens is 208 g/mol. The van der Waals surface area contributed by atoms with E-state index < -0.39 is 0 Å². The minimum Gasteiger partial charge on any atom is -0.271 e. The summed E-state index contributed by atoms with van der Waals surface area (Å²) in [6.45, 7) is 0. The summed E-state index contributed by atoms with van der Waals surface area (Å²) >= 11 is 0. The fourth-order valence-corrected chi connectivity index (χ4v) is 2.73. The molecule has 0 amide bonds. The highest BCUT2D eigenvalue weighted by molar-refractivity contribution is 5.28. The van der Waals surface area contributed by atoms with Gasteiger partial charge in [-0.1, -0.05) is 43.5 Å². The Labute approximate surface area is 104 Å². The van der Waals surface area contributed by atoms with Crippen molar-refractivity contribution in [3.8, 4) is 0 Å². The Morgan fingerprint density at radius 3 is 2.29 bits per heavy atom. The SMILES string of the molecule is NNC(CC1CC1)c1ccc(C2CCC2)cc1. The van der Waals surface area contributed by atoms with Crippen molar-refractivity contribution in [3.63, 3.8) is 0 Å². The summed E-state index contributed by atoms with van der Waals surface area (Å²) in [5, 5.41) is 0. The van der Waals surface area contributed by atoms with Gasteiger partial charge in [0, 0.05) is 6.04 Å². The van der Waals surface area contributed by atoms with Crippen LogP contribution in [0.1, 0.15) is 61.6 Å². The average Bonchev–Trinajstić information content (AvgIpc) is 3.09. The molecule has 1 aromatic rings. The van der Waals surface area contributed by atoms with Crippen LogP contribution in [0, 0.1) is 5.92 Å². The number of benzene rings is 1. The molecular formula is C15H22N2. The first-order valence-corrected chi connectivity index (χ1v) is 6.93. The molecule has 1 aromatic carbocycles. The zero-order chi connectivity index (χ0) is 11.7. The maximum atomic E-state index is 5.67. The Bertz CT molecular complexity index is 363. The summed E-state index contributed by atoms with van der Waals surface area (Å²) in [6.07, 6.45) is 8.12. The molecule has 2 saturated carbocycles. The van der Waals surface area contributed by atoms with E-state index in [2.05, 4.69) is 29.7 Å². The second kappa shape index (κ2) is 4.79. The van der Waals surface area contributed by atoms with Crippen LogP contribution in [-0.4, -0.2) is 0 Å². The van der Waals surface area contributed by atoms with Crippen molar-refractivity contribution < 1.29 is 0 Å². The molecule has 0 heterocycles. The zero-order valence-corrected chi connectivity index (χ0v) is 10.4. The average molecular weight is 230 g/mol. The Morgan fingerprint density at radius 2 is 1.82 bits per heavy atom. The molecule has 0 aromatic heterocycles. The summed E-state index contributed by atoms with van der Waals surface area (Å²) in [6, 6.07) is 9.48. The molecule has 17 heavy (non-hydrogen) atoms. The summed E-state index contributed by atoms with van der Waals surface area (Å²) in [5.74, 6) is 7.40. The van der Waals surface area contributed by atoms with Gasteiger partial charge < -0.3 is 0 Å². The maximum Gasteiger partial charge on any atom is 0.0462 e. The molecule has 3 N–H and O–H groups in total. The minimum atomic E-state index is 0.345. The molecule has 92 valence electrons. The standard InChI is InChI=1S/C15H22N2/c16-17-15(10-11-4-5-11)14-8-6-13(7-9-14)12-2-1-3-12/h6-9,11-12,15,17H,1-5,10,16H2. The zero-order valence-electron chi connectivity index (χ0n) is 10.4. The topological polar surface area (TPSA) is 38.0 Å². The monoisotopic (exact) mass is 230 g/mol. The first kappa shape index (κ1) is 11.2. The molecule has 1 atom stereocenters. The van der Waals surface area contributed by atoms with Crippen molar-refractivity contribution in [2.45, 2.75) is 50.5 Å². The van der Waals surface area contributed by atoms with Crippen LogP contribution in [0.4, 0.5) is 0 Å².